The van der Waals surface area contributed by atoms with Crippen LogP contribution in [0.25, 0.3) is 0 Å². The van der Waals surface area contributed by atoms with Gasteiger partial charge in [-0.2, -0.15) is 0 Å². The molecule has 0 aliphatic heterocycles. The van der Waals surface area contributed by atoms with Crippen molar-refractivity contribution in [1.29, 1.82) is 0 Å². The lowest BCUT2D eigenvalue weighted by Crippen LogP contribution is -3.00. The van der Waals surface area contributed by atoms with Gasteiger partial charge >= 0.3 is 0 Å². The van der Waals surface area contributed by atoms with E-state index in [-0.39, 0.29) is 24.0 Å². The Kier molecular flexibility index (Phi) is 6.36. The summed E-state index contributed by atoms with van der Waals surface area (Å²) in [7, 11) is 6.72. The maximum Gasteiger partial charge on any atom is 0.0783 e. The molecule has 1 nitrogen and oxygen atoms in total. The van der Waals surface area contributed by atoms with Gasteiger partial charge in [-0.1, -0.05) is 30.3 Å². The summed E-state index contributed by atoms with van der Waals surface area (Å²) in [4.78, 5) is 0. The van der Waals surface area contributed by atoms with Gasteiger partial charge in [0.25, 0.3) is 0 Å². The van der Waals surface area contributed by atoms with Crippen LogP contribution < -0.4 is 24.0 Å². The second-order valence-corrected chi connectivity index (χ2v) is 4.60. The third-order valence-corrected chi connectivity index (χ3v) is 2.14. The zero-order valence-electron chi connectivity index (χ0n) is 9.33. The van der Waals surface area contributed by atoms with Crippen LogP contribution in [0.2, 0.25) is 0 Å². The van der Waals surface area contributed by atoms with E-state index in [1.807, 2.05) is 0 Å². The first-order valence-corrected chi connectivity index (χ1v) is 4.92. The molecular formula is C12H20IN. The second-order valence-electron chi connectivity index (χ2n) is 4.60. The topological polar surface area (TPSA) is 0 Å². The van der Waals surface area contributed by atoms with Gasteiger partial charge in [0, 0.05) is 6.42 Å². The fraction of sp³-hybridized carbons (Fsp3) is 0.500. The summed E-state index contributed by atoms with van der Waals surface area (Å²) in [6.07, 6.45) is 2.48. The van der Waals surface area contributed by atoms with E-state index in [0.717, 1.165) is 4.48 Å². The summed E-state index contributed by atoms with van der Waals surface area (Å²) in [5, 5.41) is 0. The minimum atomic E-state index is 0. The molecule has 0 atom stereocenters. The van der Waals surface area contributed by atoms with Crippen LogP contribution in [0.4, 0.5) is 0 Å². The van der Waals surface area contributed by atoms with Crippen LogP contribution in [0.3, 0.4) is 0 Å². The lowest BCUT2D eigenvalue weighted by atomic mass is 10.1. The minimum absolute atomic E-state index is 0. The van der Waals surface area contributed by atoms with Crippen molar-refractivity contribution < 1.29 is 28.5 Å². The molecule has 0 aromatic heterocycles. The molecule has 0 aliphatic rings. The molecule has 0 bridgehead atoms. The molecule has 1 aromatic carbocycles. The van der Waals surface area contributed by atoms with Crippen LogP contribution in [0.5, 0.6) is 0 Å². The summed E-state index contributed by atoms with van der Waals surface area (Å²) in [5.74, 6) is 0. The molecule has 0 saturated carbocycles. The molecule has 0 heterocycles. The number of hydrogen-bond acceptors (Lipinski definition) is 0. The largest absolute Gasteiger partial charge is 1.00 e. The summed E-state index contributed by atoms with van der Waals surface area (Å²) in [6.45, 7) is 1.24. The highest BCUT2D eigenvalue weighted by Gasteiger charge is 2.05. The number of hydrogen-bond donors (Lipinski definition) is 0. The quantitative estimate of drug-likeness (QED) is 0.511. The Hall–Kier alpha value is -0.0900. The Bertz CT molecular complexity index is 238. The molecular weight excluding hydrogens is 285 g/mol. The van der Waals surface area contributed by atoms with Crippen LogP contribution in [0, 0.1) is 0 Å². The van der Waals surface area contributed by atoms with Crippen LogP contribution in [-0.4, -0.2) is 32.2 Å². The summed E-state index contributed by atoms with van der Waals surface area (Å²) >= 11 is 0. The Morgan fingerprint density at radius 3 is 2.07 bits per heavy atom. The molecule has 0 saturated heterocycles. The van der Waals surface area contributed by atoms with Crippen molar-refractivity contribution in [3.63, 3.8) is 0 Å². The van der Waals surface area contributed by atoms with Gasteiger partial charge in [0.1, 0.15) is 0 Å². The standard InChI is InChI=1S/C12H20N.HI/c1-13(2,3)11-7-10-12-8-5-4-6-9-12;/h4-6,8-9H,7,10-11H2,1-3H3;1H/q+1;/p-1. The van der Waals surface area contributed by atoms with Gasteiger partial charge in [-0.05, 0) is 12.0 Å². The fourth-order valence-electron chi connectivity index (χ4n) is 1.40. The average molecular weight is 305 g/mol. The third kappa shape index (κ3) is 6.38. The van der Waals surface area contributed by atoms with Gasteiger partial charge in [0.15, 0.2) is 0 Å². The summed E-state index contributed by atoms with van der Waals surface area (Å²) < 4.78 is 1.06. The first-order valence-electron chi connectivity index (χ1n) is 4.92. The lowest BCUT2D eigenvalue weighted by Gasteiger charge is -2.23. The first-order chi connectivity index (χ1) is 6.08. The number of rotatable bonds is 4. The maximum absolute atomic E-state index is 2.24. The van der Waals surface area contributed by atoms with Gasteiger partial charge in [-0.15, -0.1) is 0 Å². The predicted octanol–water partition coefficient (Wildman–Crippen LogP) is -0.671. The van der Waals surface area contributed by atoms with Crippen molar-refractivity contribution in [2.45, 2.75) is 12.8 Å². The van der Waals surface area contributed by atoms with Gasteiger partial charge in [-0.3, -0.25) is 0 Å². The van der Waals surface area contributed by atoms with Gasteiger partial charge in [0.05, 0.1) is 27.7 Å². The van der Waals surface area contributed by atoms with E-state index in [4.69, 9.17) is 0 Å². The van der Waals surface area contributed by atoms with E-state index in [0.29, 0.717) is 0 Å². The molecule has 0 unspecified atom stereocenters. The maximum atomic E-state index is 2.24. The number of halogens is 1. The summed E-state index contributed by atoms with van der Waals surface area (Å²) in [5.41, 5.74) is 1.45. The van der Waals surface area contributed by atoms with Gasteiger partial charge in [-0.25, -0.2) is 0 Å². The number of nitrogens with zero attached hydrogens (tertiary/aromatic N) is 1. The Morgan fingerprint density at radius 2 is 1.57 bits per heavy atom. The number of quaternary nitrogens is 1. The molecule has 2 heteroatoms. The summed E-state index contributed by atoms with van der Waals surface area (Å²) in [6, 6.07) is 10.7. The minimum Gasteiger partial charge on any atom is -1.00 e. The monoisotopic (exact) mass is 305 g/mol. The van der Waals surface area contributed by atoms with E-state index < -0.39 is 0 Å². The van der Waals surface area contributed by atoms with Crippen LogP contribution in [-0.2, 0) is 6.42 Å². The number of benzene rings is 1. The molecule has 0 amide bonds. The van der Waals surface area contributed by atoms with E-state index >= 15 is 0 Å². The SMILES string of the molecule is C[N+](C)(C)CCCc1ccccc1.[I-]. The van der Waals surface area contributed by atoms with Crippen LogP contribution in [0.15, 0.2) is 30.3 Å². The molecule has 0 radical (unpaired) electrons. The van der Waals surface area contributed by atoms with Crippen molar-refractivity contribution in [2.75, 3.05) is 27.7 Å². The highest BCUT2D eigenvalue weighted by Crippen LogP contribution is 2.04. The van der Waals surface area contributed by atoms with E-state index in [9.17, 15) is 0 Å². The smallest absolute Gasteiger partial charge is 0.0783 e. The Labute approximate surface area is 105 Å². The van der Waals surface area contributed by atoms with E-state index in [1.54, 1.807) is 0 Å². The third-order valence-electron chi connectivity index (χ3n) is 2.14. The van der Waals surface area contributed by atoms with Crippen molar-refractivity contribution in [2.24, 2.45) is 0 Å². The molecule has 0 spiro atoms. The van der Waals surface area contributed by atoms with Crippen molar-refractivity contribution in [1.82, 2.24) is 0 Å². The Balaban J connectivity index is 0.00000169. The first kappa shape index (κ1) is 13.9. The lowest BCUT2D eigenvalue weighted by molar-refractivity contribution is -0.870. The second kappa shape index (κ2) is 6.40. The Morgan fingerprint density at radius 1 is 1.00 bits per heavy atom. The molecule has 1 rings (SSSR count). The van der Waals surface area contributed by atoms with Crippen molar-refractivity contribution in [3.8, 4) is 0 Å². The van der Waals surface area contributed by atoms with E-state index in [2.05, 4.69) is 51.5 Å². The molecule has 14 heavy (non-hydrogen) atoms. The van der Waals surface area contributed by atoms with Crippen LogP contribution in [0.1, 0.15) is 12.0 Å². The van der Waals surface area contributed by atoms with Crippen molar-refractivity contribution in [3.05, 3.63) is 35.9 Å². The van der Waals surface area contributed by atoms with E-state index in [1.165, 1.54) is 24.9 Å². The number of aryl methyl sites for hydroxylation is 1. The van der Waals surface area contributed by atoms with Crippen LogP contribution >= 0.6 is 0 Å². The molecule has 0 N–H and O–H groups in total. The zero-order chi connectivity index (χ0) is 9.73. The fourth-order valence-corrected chi connectivity index (χ4v) is 1.40. The predicted molar refractivity (Wildman–Crippen MR) is 57.7 cm³/mol. The van der Waals surface area contributed by atoms with Gasteiger partial charge in [0.2, 0.25) is 0 Å². The van der Waals surface area contributed by atoms with Gasteiger partial charge < -0.3 is 28.5 Å². The average Bonchev–Trinajstić information content (AvgIpc) is 2.04. The normalized spacial score (nSPS) is 10.8. The molecule has 80 valence electrons. The highest BCUT2D eigenvalue weighted by atomic mass is 127. The van der Waals surface area contributed by atoms with Crippen molar-refractivity contribution >= 4 is 0 Å². The molecule has 0 fully saturated rings. The molecule has 1 aromatic rings. The zero-order valence-corrected chi connectivity index (χ0v) is 11.5. The molecule has 0 aliphatic carbocycles. The highest BCUT2D eigenvalue weighted by molar-refractivity contribution is 5.14.